The van der Waals surface area contributed by atoms with E-state index < -0.39 is 0 Å². The van der Waals surface area contributed by atoms with Crippen molar-refractivity contribution >= 4 is 11.5 Å². The van der Waals surface area contributed by atoms with Gasteiger partial charge in [0.15, 0.2) is 5.78 Å². The third-order valence-corrected chi connectivity index (χ3v) is 5.02. The average Bonchev–Trinajstić information content (AvgIpc) is 2.73. The van der Waals surface area contributed by atoms with E-state index in [0.29, 0.717) is 6.42 Å². The Morgan fingerprint density at radius 1 is 0.929 bits per heavy atom. The first-order chi connectivity index (χ1) is 13.6. The number of pyridine rings is 1. The van der Waals surface area contributed by atoms with Gasteiger partial charge in [-0.3, -0.25) is 9.78 Å². The molecule has 28 heavy (non-hydrogen) atoms. The second-order valence-electron chi connectivity index (χ2n) is 7.28. The summed E-state index contributed by atoms with van der Waals surface area (Å²) < 4.78 is 0. The summed E-state index contributed by atoms with van der Waals surface area (Å²) in [5, 5.41) is 0. The predicted octanol–water partition coefficient (Wildman–Crippen LogP) is 5.72. The van der Waals surface area contributed by atoms with Gasteiger partial charge in [0.1, 0.15) is 0 Å². The highest BCUT2D eigenvalue weighted by Gasteiger charge is 2.08. The van der Waals surface area contributed by atoms with E-state index in [-0.39, 0.29) is 5.78 Å². The van der Waals surface area contributed by atoms with E-state index in [4.69, 9.17) is 0 Å². The number of nitrogens with zero attached hydrogens (tertiary/aromatic N) is 2. The molecule has 0 aliphatic heterocycles. The molecule has 1 heterocycles. The Kier molecular flexibility index (Phi) is 6.59. The molecule has 0 aliphatic rings. The Morgan fingerprint density at radius 2 is 1.57 bits per heavy atom. The molecule has 0 radical (unpaired) electrons. The predicted molar refractivity (Wildman–Crippen MR) is 117 cm³/mol. The molecule has 0 saturated carbocycles. The van der Waals surface area contributed by atoms with Crippen molar-refractivity contribution in [3.05, 3.63) is 83.7 Å². The zero-order chi connectivity index (χ0) is 19.9. The first-order valence-electron chi connectivity index (χ1n) is 9.93. The van der Waals surface area contributed by atoms with Gasteiger partial charge in [0, 0.05) is 43.2 Å². The van der Waals surface area contributed by atoms with E-state index in [9.17, 15) is 4.79 Å². The Bertz CT molecular complexity index is 897. The Morgan fingerprint density at radius 3 is 2.14 bits per heavy atom. The number of aromatic nitrogens is 1. The number of Topliss-reactive ketones (excluding diaryl/α,β-unsaturated/α-hetero) is 1. The first-order valence-corrected chi connectivity index (χ1v) is 9.93. The normalized spacial score (nSPS) is 10.7. The fraction of sp³-hybridized carbons (Fsp3) is 0.280. The number of carbonyl (C=O) groups is 1. The number of hydrogen-bond donors (Lipinski definition) is 0. The second kappa shape index (κ2) is 9.32. The minimum absolute atomic E-state index is 0.170. The first kappa shape index (κ1) is 19.8. The van der Waals surface area contributed by atoms with E-state index in [1.807, 2.05) is 49.5 Å². The highest BCUT2D eigenvalue weighted by Crippen LogP contribution is 2.23. The van der Waals surface area contributed by atoms with Gasteiger partial charge in [0.05, 0.1) is 0 Å². The zero-order valence-corrected chi connectivity index (χ0v) is 17.0. The summed E-state index contributed by atoms with van der Waals surface area (Å²) in [5.74, 6) is 0.170. The van der Waals surface area contributed by atoms with Gasteiger partial charge in [-0.2, -0.15) is 0 Å². The minimum atomic E-state index is 0.170. The third-order valence-electron chi connectivity index (χ3n) is 5.02. The van der Waals surface area contributed by atoms with Gasteiger partial charge in [0.25, 0.3) is 0 Å². The fourth-order valence-electron chi connectivity index (χ4n) is 3.27. The Balaban J connectivity index is 1.62. The second-order valence-corrected chi connectivity index (χ2v) is 7.28. The molecule has 0 N–H and O–H groups in total. The smallest absolute Gasteiger partial charge is 0.163 e. The lowest BCUT2D eigenvalue weighted by atomic mass is 9.99. The number of hydrogen-bond acceptors (Lipinski definition) is 3. The van der Waals surface area contributed by atoms with Crippen LogP contribution in [0.2, 0.25) is 0 Å². The molecule has 0 unspecified atom stereocenters. The molecule has 0 aliphatic carbocycles. The van der Waals surface area contributed by atoms with Crippen molar-refractivity contribution in [1.29, 1.82) is 0 Å². The summed E-state index contributed by atoms with van der Waals surface area (Å²) in [5.41, 5.74) is 6.38. The standard InChI is InChI=1S/C25H28N2O/c1-4-17-27(3)24-14-12-22(13-15-24)21-8-10-23(11-9-21)25(28)16-7-20-6-5-19(2)26-18-20/h5-6,8-15,18H,4,7,16-17H2,1-3H3. The van der Waals surface area contributed by atoms with E-state index in [0.717, 1.165) is 41.8 Å². The summed E-state index contributed by atoms with van der Waals surface area (Å²) in [6, 6.07) is 20.5. The summed E-state index contributed by atoms with van der Waals surface area (Å²) in [6.07, 6.45) is 4.21. The largest absolute Gasteiger partial charge is 0.375 e. The summed E-state index contributed by atoms with van der Waals surface area (Å²) in [6.45, 7) is 5.20. The monoisotopic (exact) mass is 372 g/mol. The molecule has 0 bridgehead atoms. The van der Waals surface area contributed by atoms with E-state index >= 15 is 0 Å². The Hall–Kier alpha value is -2.94. The van der Waals surface area contributed by atoms with Crippen molar-refractivity contribution in [2.24, 2.45) is 0 Å². The number of ketones is 1. The molecule has 0 saturated heterocycles. The van der Waals surface area contributed by atoms with Crippen LogP contribution in [0.25, 0.3) is 11.1 Å². The van der Waals surface area contributed by atoms with E-state index in [1.54, 1.807) is 0 Å². The molecule has 0 atom stereocenters. The van der Waals surface area contributed by atoms with Gasteiger partial charge < -0.3 is 4.90 Å². The van der Waals surface area contributed by atoms with Crippen LogP contribution in [0.3, 0.4) is 0 Å². The van der Waals surface area contributed by atoms with Gasteiger partial charge in [-0.05, 0) is 54.7 Å². The number of carbonyl (C=O) groups excluding carboxylic acids is 1. The molecule has 0 fully saturated rings. The molecule has 0 amide bonds. The summed E-state index contributed by atoms with van der Waals surface area (Å²) in [7, 11) is 2.12. The van der Waals surface area contributed by atoms with Gasteiger partial charge >= 0.3 is 0 Å². The molecule has 3 heteroatoms. The van der Waals surface area contributed by atoms with Crippen molar-refractivity contribution in [1.82, 2.24) is 4.98 Å². The SMILES string of the molecule is CCCN(C)c1ccc(-c2ccc(C(=O)CCc3ccc(C)nc3)cc2)cc1. The van der Waals surface area contributed by atoms with Crippen LogP contribution in [0.4, 0.5) is 5.69 Å². The number of anilines is 1. The van der Waals surface area contributed by atoms with Crippen molar-refractivity contribution < 1.29 is 4.79 Å². The van der Waals surface area contributed by atoms with Gasteiger partial charge in [0.2, 0.25) is 0 Å². The van der Waals surface area contributed by atoms with Crippen LogP contribution in [-0.4, -0.2) is 24.4 Å². The van der Waals surface area contributed by atoms with Crippen molar-refractivity contribution in [3.8, 4) is 11.1 Å². The van der Waals surface area contributed by atoms with Crippen LogP contribution >= 0.6 is 0 Å². The van der Waals surface area contributed by atoms with Crippen LogP contribution in [0.15, 0.2) is 66.9 Å². The molecule has 3 aromatic rings. The lowest BCUT2D eigenvalue weighted by Crippen LogP contribution is -2.17. The van der Waals surface area contributed by atoms with Gasteiger partial charge in [-0.25, -0.2) is 0 Å². The quantitative estimate of drug-likeness (QED) is 0.474. The number of benzene rings is 2. The van der Waals surface area contributed by atoms with Crippen molar-refractivity contribution in [3.63, 3.8) is 0 Å². The molecule has 144 valence electrons. The van der Waals surface area contributed by atoms with Crippen LogP contribution in [0, 0.1) is 6.92 Å². The van der Waals surface area contributed by atoms with E-state index in [1.165, 1.54) is 11.3 Å². The van der Waals surface area contributed by atoms with Crippen LogP contribution in [0.1, 0.15) is 41.4 Å². The molecule has 3 rings (SSSR count). The topological polar surface area (TPSA) is 33.2 Å². The Labute approximate surface area is 168 Å². The summed E-state index contributed by atoms with van der Waals surface area (Å²) in [4.78, 5) is 19.0. The highest BCUT2D eigenvalue weighted by molar-refractivity contribution is 5.96. The van der Waals surface area contributed by atoms with Crippen molar-refractivity contribution in [2.75, 3.05) is 18.5 Å². The van der Waals surface area contributed by atoms with Gasteiger partial charge in [-0.1, -0.05) is 49.4 Å². The highest BCUT2D eigenvalue weighted by atomic mass is 16.1. The maximum absolute atomic E-state index is 12.5. The molecule has 0 spiro atoms. The maximum atomic E-state index is 12.5. The average molecular weight is 373 g/mol. The molecule has 3 nitrogen and oxygen atoms in total. The summed E-state index contributed by atoms with van der Waals surface area (Å²) >= 11 is 0. The lowest BCUT2D eigenvalue weighted by Gasteiger charge is -2.18. The molecule has 2 aromatic carbocycles. The third kappa shape index (κ3) is 5.07. The van der Waals surface area contributed by atoms with Crippen molar-refractivity contribution in [2.45, 2.75) is 33.1 Å². The molecule has 1 aromatic heterocycles. The maximum Gasteiger partial charge on any atom is 0.163 e. The van der Waals surface area contributed by atoms with Crippen LogP contribution in [-0.2, 0) is 6.42 Å². The molecular formula is C25H28N2O. The number of aryl methyl sites for hydroxylation is 2. The fourth-order valence-corrected chi connectivity index (χ4v) is 3.27. The van der Waals surface area contributed by atoms with Crippen LogP contribution in [0.5, 0.6) is 0 Å². The molecular weight excluding hydrogens is 344 g/mol. The zero-order valence-electron chi connectivity index (χ0n) is 17.0. The van der Waals surface area contributed by atoms with Crippen LogP contribution < -0.4 is 4.90 Å². The number of rotatable bonds is 8. The minimum Gasteiger partial charge on any atom is -0.375 e. The lowest BCUT2D eigenvalue weighted by molar-refractivity contribution is 0.0983. The van der Waals surface area contributed by atoms with Gasteiger partial charge in [-0.15, -0.1) is 0 Å². The van der Waals surface area contributed by atoms with E-state index in [2.05, 4.69) is 48.1 Å².